The smallest absolute Gasteiger partial charge is 0.416 e. The molecule has 148 valence electrons. The zero-order valence-electron chi connectivity index (χ0n) is 15.8. The summed E-state index contributed by atoms with van der Waals surface area (Å²) in [4.78, 5) is 7.63. The Morgan fingerprint density at radius 2 is 1.86 bits per heavy atom. The average molecular weight is 396 g/mol. The maximum Gasteiger partial charge on any atom is 0.416 e. The number of alkyl halides is 3. The highest BCUT2D eigenvalue weighted by molar-refractivity contribution is 5.99. The zero-order valence-corrected chi connectivity index (χ0v) is 15.8. The number of nitrogens with zero attached hydrogens (tertiary/aromatic N) is 1. The molecule has 0 amide bonds. The summed E-state index contributed by atoms with van der Waals surface area (Å²) in [5, 5.41) is 0.593. The molecule has 0 fully saturated rings. The number of halogens is 3. The van der Waals surface area contributed by atoms with Gasteiger partial charge < -0.3 is 9.40 Å². The Morgan fingerprint density at radius 1 is 1.07 bits per heavy atom. The van der Waals surface area contributed by atoms with E-state index in [9.17, 15) is 13.2 Å². The van der Waals surface area contributed by atoms with Gasteiger partial charge >= 0.3 is 6.18 Å². The van der Waals surface area contributed by atoms with Crippen molar-refractivity contribution in [3.63, 3.8) is 0 Å². The Morgan fingerprint density at radius 3 is 2.55 bits per heavy atom. The average Bonchev–Trinajstić information content (AvgIpc) is 3.37. The molecule has 6 heteroatoms. The van der Waals surface area contributed by atoms with Crippen LogP contribution < -0.4 is 0 Å². The van der Waals surface area contributed by atoms with Crippen molar-refractivity contribution < 1.29 is 17.6 Å². The van der Waals surface area contributed by atoms with E-state index in [1.54, 1.807) is 12.5 Å². The molecule has 3 nitrogen and oxygen atoms in total. The highest BCUT2D eigenvalue weighted by Gasteiger charge is 2.30. The fraction of sp³-hybridized carbons (Fsp3) is 0.174. The van der Waals surface area contributed by atoms with Gasteiger partial charge in [-0.15, -0.1) is 0 Å². The molecule has 0 spiro atoms. The van der Waals surface area contributed by atoms with Gasteiger partial charge in [0.05, 0.1) is 11.8 Å². The predicted octanol–water partition coefficient (Wildman–Crippen LogP) is 6.50. The monoisotopic (exact) mass is 396 g/mol. The highest BCUT2D eigenvalue weighted by atomic mass is 19.4. The van der Waals surface area contributed by atoms with Gasteiger partial charge in [0.25, 0.3) is 0 Å². The van der Waals surface area contributed by atoms with Gasteiger partial charge in [-0.25, -0.2) is 0 Å². The third-order valence-corrected chi connectivity index (χ3v) is 4.93. The fourth-order valence-electron chi connectivity index (χ4n) is 3.32. The molecule has 2 aromatic heterocycles. The van der Waals surface area contributed by atoms with Crippen LogP contribution in [0.5, 0.6) is 0 Å². The van der Waals surface area contributed by atoms with Crippen LogP contribution in [0.4, 0.5) is 13.2 Å². The molecule has 29 heavy (non-hydrogen) atoms. The predicted molar refractivity (Wildman–Crippen MR) is 108 cm³/mol. The number of nitrogens with one attached hydrogen (secondary N) is 1. The summed E-state index contributed by atoms with van der Waals surface area (Å²) in [6.07, 6.45) is -0.394. The molecule has 0 unspecified atom stereocenters. The summed E-state index contributed by atoms with van der Waals surface area (Å²) >= 11 is 0. The van der Waals surface area contributed by atoms with Crippen LogP contribution in [-0.2, 0) is 12.6 Å². The van der Waals surface area contributed by atoms with E-state index in [-0.39, 0.29) is 0 Å². The minimum atomic E-state index is -4.35. The van der Waals surface area contributed by atoms with Gasteiger partial charge in [0, 0.05) is 34.9 Å². The molecule has 0 aliphatic heterocycles. The molecule has 0 saturated heterocycles. The third kappa shape index (κ3) is 4.11. The number of furan rings is 1. The van der Waals surface area contributed by atoms with Crippen LogP contribution in [0.2, 0.25) is 0 Å². The second-order valence-electron chi connectivity index (χ2n) is 6.84. The van der Waals surface area contributed by atoms with Crippen LogP contribution in [0.1, 0.15) is 23.6 Å². The van der Waals surface area contributed by atoms with Crippen LogP contribution in [0, 0.1) is 0 Å². The van der Waals surface area contributed by atoms with Crippen molar-refractivity contribution >= 4 is 16.6 Å². The Kier molecular flexibility index (Phi) is 5.01. The normalized spacial score (nSPS) is 12.6. The number of fused-ring (bicyclic) bond motifs is 1. The summed E-state index contributed by atoms with van der Waals surface area (Å²) in [6.45, 7) is 2.42. The first-order chi connectivity index (χ1) is 13.9. The van der Waals surface area contributed by atoms with E-state index in [1.807, 2.05) is 43.3 Å². The van der Waals surface area contributed by atoms with E-state index < -0.39 is 11.7 Å². The van der Waals surface area contributed by atoms with Crippen LogP contribution in [0.25, 0.3) is 22.2 Å². The van der Waals surface area contributed by atoms with Crippen molar-refractivity contribution in [3.8, 4) is 11.3 Å². The first-order valence-electron chi connectivity index (χ1n) is 9.24. The van der Waals surface area contributed by atoms with E-state index in [4.69, 9.17) is 4.42 Å². The lowest BCUT2D eigenvalue weighted by atomic mass is 10.1. The molecular formula is C23H19F3N2O. The molecule has 4 aromatic rings. The fourth-order valence-corrected chi connectivity index (χ4v) is 3.32. The van der Waals surface area contributed by atoms with Crippen LogP contribution in [0.15, 0.2) is 76.5 Å². The standard InChI is InChI=1S/C23H19F3N2O/c1-15(16-4-6-17(7-5-16)22-3-2-12-29-22)27-11-10-18-14-28-21-9-8-19(13-20(18)21)23(24,25)26/h2-9,12-14,28H,10-11H2,1H3. The van der Waals surface area contributed by atoms with Crippen molar-refractivity contribution in [3.05, 3.63) is 83.7 Å². The number of rotatable bonds is 5. The van der Waals surface area contributed by atoms with Crippen LogP contribution in [-0.4, -0.2) is 17.2 Å². The van der Waals surface area contributed by atoms with E-state index in [0.717, 1.165) is 34.2 Å². The topological polar surface area (TPSA) is 41.3 Å². The second kappa shape index (κ2) is 7.62. The molecule has 0 radical (unpaired) electrons. The number of aromatic nitrogens is 1. The van der Waals surface area contributed by atoms with E-state index in [0.29, 0.717) is 23.9 Å². The maximum atomic E-state index is 13.0. The molecule has 2 aromatic carbocycles. The van der Waals surface area contributed by atoms with Crippen molar-refractivity contribution in [1.29, 1.82) is 0 Å². The lowest BCUT2D eigenvalue weighted by molar-refractivity contribution is -0.137. The van der Waals surface area contributed by atoms with E-state index >= 15 is 0 Å². The summed E-state index contributed by atoms with van der Waals surface area (Å²) < 4.78 is 44.3. The number of hydrogen-bond donors (Lipinski definition) is 1. The van der Waals surface area contributed by atoms with Gasteiger partial charge in [0.1, 0.15) is 5.76 Å². The Labute approximate surface area is 165 Å². The summed E-state index contributed by atoms with van der Waals surface area (Å²) in [5.74, 6) is 0.809. The minimum absolute atomic E-state index is 0.495. The minimum Gasteiger partial charge on any atom is -0.464 e. The number of aliphatic imine (C=N–C) groups is 1. The molecule has 0 bridgehead atoms. The Hall–Kier alpha value is -3.28. The number of aromatic amines is 1. The largest absolute Gasteiger partial charge is 0.464 e. The quantitative estimate of drug-likeness (QED) is 0.385. The maximum absolute atomic E-state index is 13.0. The SMILES string of the molecule is CC(=NCCc1c[nH]c2ccc(C(F)(F)F)cc12)c1ccc(-c2ccco2)cc1. The lowest BCUT2D eigenvalue weighted by Crippen LogP contribution is -2.04. The molecule has 0 aliphatic carbocycles. The summed E-state index contributed by atoms with van der Waals surface area (Å²) in [5.41, 5.74) is 3.76. The molecule has 0 aliphatic rings. The van der Waals surface area contributed by atoms with Crippen LogP contribution >= 0.6 is 0 Å². The van der Waals surface area contributed by atoms with Crippen molar-refractivity contribution in [2.75, 3.05) is 6.54 Å². The van der Waals surface area contributed by atoms with E-state index in [1.165, 1.54) is 12.1 Å². The Bertz CT molecular complexity index is 1140. The molecule has 1 N–H and O–H groups in total. The first-order valence-corrected chi connectivity index (χ1v) is 9.24. The van der Waals surface area contributed by atoms with Gasteiger partial charge in [0.15, 0.2) is 0 Å². The van der Waals surface area contributed by atoms with Gasteiger partial charge in [-0.3, -0.25) is 4.99 Å². The Balaban J connectivity index is 1.47. The lowest BCUT2D eigenvalue weighted by Gasteiger charge is -2.07. The van der Waals surface area contributed by atoms with Gasteiger partial charge in [-0.2, -0.15) is 13.2 Å². The first kappa shape index (κ1) is 19.1. The van der Waals surface area contributed by atoms with Crippen molar-refractivity contribution in [1.82, 2.24) is 4.98 Å². The van der Waals surface area contributed by atoms with Crippen molar-refractivity contribution in [2.45, 2.75) is 19.5 Å². The number of hydrogen-bond acceptors (Lipinski definition) is 2. The van der Waals surface area contributed by atoms with E-state index in [2.05, 4.69) is 9.98 Å². The zero-order chi connectivity index (χ0) is 20.4. The second-order valence-corrected chi connectivity index (χ2v) is 6.84. The molecule has 4 rings (SSSR count). The highest BCUT2D eigenvalue weighted by Crippen LogP contribution is 2.32. The molecule has 2 heterocycles. The third-order valence-electron chi connectivity index (χ3n) is 4.93. The summed E-state index contributed by atoms with van der Waals surface area (Å²) in [6, 6.07) is 15.4. The molecular weight excluding hydrogens is 377 g/mol. The van der Waals surface area contributed by atoms with Gasteiger partial charge in [0.2, 0.25) is 0 Å². The number of benzene rings is 2. The molecule has 0 saturated carbocycles. The van der Waals surface area contributed by atoms with Gasteiger partial charge in [-0.05, 0) is 54.8 Å². The summed E-state index contributed by atoms with van der Waals surface area (Å²) in [7, 11) is 0. The number of H-pyrrole nitrogens is 1. The van der Waals surface area contributed by atoms with Gasteiger partial charge in [-0.1, -0.05) is 24.3 Å². The van der Waals surface area contributed by atoms with Crippen LogP contribution in [0.3, 0.4) is 0 Å². The van der Waals surface area contributed by atoms with Crippen molar-refractivity contribution in [2.24, 2.45) is 4.99 Å². The molecule has 0 atom stereocenters.